The molecule has 0 saturated heterocycles. The number of nitrogen functional groups attached to an aromatic ring is 2. The number of anilines is 2. The predicted octanol–water partition coefficient (Wildman–Crippen LogP) is 2.02. The van der Waals surface area contributed by atoms with E-state index in [-0.39, 0.29) is 34.4 Å². The maximum Gasteiger partial charge on any atom is 0.143 e. The zero-order valence-electron chi connectivity index (χ0n) is 10.9. The zero-order chi connectivity index (χ0) is 15.6. The molecule has 0 aliphatic heterocycles. The molecule has 0 aromatic heterocycles. The zero-order valence-corrected chi connectivity index (χ0v) is 10.9. The lowest BCUT2D eigenvalue weighted by Gasteiger charge is -2.11. The van der Waals surface area contributed by atoms with Gasteiger partial charge in [-0.1, -0.05) is 11.8 Å². The summed E-state index contributed by atoms with van der Waals surface area (Å²) in [5.74, 6) is 4.79. The second-order valence-corrected chi connectivity index (χ2v) is 4.20. The van der Waals surface area contributed by atoms with E-state index < -0.39 is 0 Å². The lowest BCUT2D eigenvalue weighted by molar-refractivity contribution is 0.448. The third-order valence-electron chi connectivity index (χ3n) is 2.81. The summed E-state index contributed by atoms with van der Waals surface area (Å²) in [6.45, 7) is 0. The smallest absolute Gasteiger partial charge is 0.143 e. The number of terminal acetylenes is 2. The molecule has 0 spiro atoms. The fourth-order valence-corrected chi connectivity index (χ4v) is 1.72. The highest BCUT2D eigenvalue weighted by Gasteiger charge is 2.10. The molecule has 5 heteroatoms. The molecule has 0 aliphatic rings. The van der Waals surface area contributed by atoms with Gasteiger partial charge in [0, 0.05) is 12.1 Å². The van der Waals surface area contributed by atoms with Gasteiger partial charge in [-0.3, -0.25) is 0 Å². The fourth-order valence-electron chi connectivity index (χ4n) is 1.72. The molecular formula is C16H12N2O3. The van der Waals surface area contributed by atoms with E-state index in [4.69, 9.17) is 29.1 Å². The van der Waals surface area contributed by atoms with Crippen LogP contribution in [0.4, 0.5) is 11.4 Å². The van der Waals surface area contributed by atoms with Crippen LogP contribution in [-0.2, 0) is 0 Å². The number of benzene rings is 2. The molecule has 0 atom stereocenters. The number of phenols is 2. The van der Waals surface area contributed by atoms with E-state index in [2.05, 4.69) is 11.8 Å². The number of rotatable bonds is 2. The van der Waals surface area contributed by atoms with Crippen LogP contribution in [-0.4, -0.2) is 10.2 Å². The topological polar surface area (TPSA) is 102 Å². The molecular weight excluding hydrogens is 268 g/mol. The Hall–Kier alpha value is -3.44. The summed E-state index contributed by atoms with van der Waals surface area (Å²) >= 11 is 0. The third-order valence-corrected chi connectivity index (χ3v) is 2.81. The van der Waals surface area contributed by atoms with Crippen LogP contribution < -0.4 is 16.2 Å². The Kier molecular flexibility index (Phi) is 3.51. The number of ether oxygens (including phenoxy) is 1. The summed E-state index contributed by atoms with van der Waals surface area (Å²) in [4.78, 5) is 0. The Morgan fingerprint density at radius 1 is 0.810 bits per heavy atom. The summed E-state index contributed by atoms with van der Waals surface area (Å²) in [7, 11) is 0. The summed E-state index contributed by atoms with van der Waals surface area (Å²) in [5, 5.41) is 19.4. The van der Waals surface area contributed by atoms with Crippen LogP contribution in [0.15, 0.2) is 24.3 Å². The van der Waals surface area contributed by atoms with Crippen molar-refractivity contribution in [1.82, 2.24) is 0 Å². The average Bonchev–Trinajstić information content (AvgIpc) is 2.46. The van der Waals surface area contributed by atoms with Crippen molar-refractivity contribution in [3.05, 3.63) is 35.4 Å². The van der Waals surface area contributed by atoms with Crippen molar-refractivity contribution in [3.8, 4) is 47.7 Å². The normalized spacial score (nSPS) is 9.62. The Morgan fingerprint density at radius 2 is 1.19 bits per heavy atom. The van der Waals surface area contributed by atoms with Crippen LogP contribution in [0.3, 0.4) is 0 Å². The van der Waals surface area contributed by atoms with Crippen LogP contribution in [0.25, 0.3) is 0 Å². The molecule has 0 heterocycles. The molecule has 0 bridgehead atoms. The quantitative estimate of drug-likeness (QED) is 0.383. The molecule has 0 fully saturated rings. The molecule has 0 amide bonds. The molecule has 0 unspecified atom stereocenters. The minimum Gasteiger partial charge on any atom is -0.506 e. The summed E-state index contributed by atoms with van der Waals surface area (Å²) in [5.41, 5.74) is 12.0. The molecule has 21 heavy (non-hydrogen) atoms. The van der Waals surface area contributed by atoms with Gasteiger partial charge in [0.05, 0.1) is 22.5 Å². The lowest BCUT2D eigenvalue weighted by atomic mass is 10.1. The number of hydrogen-bond donors (Lipinski definition) is 4. The van der Waals surface area contributed by atoms with Gasteiger partial charge in [0.2, 0.25) is 0 Å². The Labute approximate surface area is 121 Å². The monoisotopic (exact) mass is 280 g/mol. The third kappa shape index (κ3) is 2.63. The van der Waals surface area contributed by atoms with E-state index in [1.807, 2.05) is 0 Å². The van der Waals surface area contributed by atoms with E-state index in [1.54, 1.807) is 0 Å². The molecule has 2 rings (SSSR count). The molecule has 104 valence electrons. The van der Waals surface area contributed by atoms with Crippen molar-refractivity contribution < 1.29 is 14.9 Å². The van der Waals surface area contributed by atoms with Gasteiger partial charge in [-0.25, -0.2) is 0 Å². The standard InChI is InChI=1S/C16H12N2O3/c1-3-9-5-11(7-13(19)15(9)17)21-12-6-10(4-2)16(18)14(20)8-12/h1-2,5-8,19-20H,17-18H2. The van der Waals surface area contributed by atoms with Gasteiger partial charge < -0.3 is 26.4 Å². The van der Waals surface area contributed by atoms with Gasteiger partial charge in [-0.2, -0.15) is 0 Å². The van der Waals surface area contributed by atoms with Gasteiger partial charge >= 0.3 is 0 Å². The van der Waals surface area contributed by atoms with E-state index in [1.165, 1.54) is 24.3 Å². The van der Waals surface area contributed by atoms with Gasteiger partial charge in [0.1, 0.15) is 23.0 Å². The fraction of sp³-hybridized carbons (Fsp3) is 0. The largest absolute Gasteiger partial charge is 0.506 e. The first-order chi connectivity index (χ1) is 9.96. The van der Waals surface area contributed by atoms with Gasteiger partial charge in [0.15, 0.2) is 0 Å². The number of phenolic OH excluding ortho intramolecular Hbond substituents is 2. The van der Waals surface area contributed by atoms with Crippen molar-refractivity contribution in [3.63, 3.8) is 0 Å². The molecule has 2 aromatic carbocycles. The van der Waals surface area contributed by atoms with Crippen LogP contribution in [0.1, 0.15) is 11.1 Å². The van der Waals surface area contributed by atoms with Gasteiger partial charge in [-0.05, 0) is 12.1 Å². The van der Waals surface area contributed by atoms with Crippen LogP contribution in [0.2, 0.25) is 0 Å². The van der Waals surface area contributed by atoms with Crippen LogP contribution in [0.5, 0.6) is 23.0 Å². The Balaban J connectivity index is 2.44. The molecule has 0 saturated carbocycles. The first-order valence-corrected chi connectivity index (χ1v) is 5.82. The number of aromatic hydroxyl groups is 2. The second kappa shape index (κ2) is 5.28. The maximum absolute atomic E-state index is 9.69. The van der Waals surface area contributed by atoms with E-state index in [0.717, 1.165) is 0 Å². The minimum atomic E-state index is -0.197. The molecule has 2 aromatic rings. The van der Waals surface area contributed by atoms with E-state index in [9.17, 15) is 10.2 Å². The second-order valence-electron chi connectivity index (χ2n) is 4.20. The molecule has 5 nitrogen and oxygen atoms in total. The molecule has 0 aliphatic carbocycles. The van der Waals surface area contributed by atoms with Crippen molar-refractivity contribution >= 4 is 11.4 Å². The van der Waals surface area contributed by atoms with Gasteiger partial charge in [-0.15, -0.1) is 12.8 Å². The molecule has 0 radical (unpaired) electrons. The highest BCUT2D eigenvalue weighted by molar-refractivity contribution is 5.68. The van der Waals surface area contributed by atoms with Crippen molar-refractivity contribution in [2.24, 2.45) is 0 Å². The Morgan fingerprint density at radius 3 is 1.52 bits per heavy atom. The number of hydrogen-bond acceptors (Lipinski definition) is 5. The van der Waals surface area contributed by atoms with Crippen molar-refractivity contribution in [2.75, 3.05) is 11.5 Å². The van der Waals surface area contributed by atoms with Crippen LogP contribution >= 0.6 is 0 Å². The highest BCUT2D eigenvalue weighted by Crippen LogP contribution is 2.35. The van der Waals surface area contributed by atoms with Crippen LogP contribution in [0, 0.1) is 24.7 Å². The van der Waals surface area contributed by atoms with E-state index >= 15 is 0 Å². The first kappa shape index (κ1) is 14.0. The van der Waals surface area contributed by atoms with Crippen molar-refractivity contribution in [1.29, 1.82) is 0 Å². The Bertz CT molecular complexity index is 731. The SMILES string of the molecule is C#Cc1cc(Oc2cc(O)c(N)c(C#C)c2)cc(O)c1N. The van der Waals surface area contributed by atoms with Crippen molar-refractivity contribution in [2.45, 2.75) is 0 Å². The first-order valence-electron chi connectivity index (χ1n) is 5.82. The molecule has 6 N–H and O–H groups in total. The summed E-state index contributed by atoms with van der Waals surface area (Å²) in [6.07, 6.45) is 10.6. The lowest BCUT2D eigenvalue weighted by Crippen LogP contribution is -1.95. The maximum atomic E-state index is 9.69. The average molecular weight is 280 g/mol. The van der Waals surface area contributed by atoms with Gasteiger partial charge in [0.25, 0.3) is 0 Å². The highest BCUT2D eigenvalue weighted by atomic mass is 16.5. The van der Waals surface area contributed by atoms with E-state index in [0.29, 0.717) is 11.1 Å². The summed E-state index contributed by atoms with van der Waals surface area (Å²) in [6, 6.07) is 5.58. The minimum absolute atomic E-state index is 0.0920. The predicted molar refractivity (Wildman–Crippen MR) is 81.0 cm³/mol. The number of nitrogens with two attached hydrogens (primary N) is 2. The summed E-state index contributed by atoms with van der Waals surface area (Å²) < 4.78 is 5.51.